The molecule has 6 nitrogen and oxygen atoms in total. The fourth-order valence-electron chi connectivity index (χ4n) is 4.04. The first-order valence-corrected chi connectivity index (χ1v) is 9.91. The zero-order valence-electron chi connectivity index (χ0n) is 17.2. The van der Waals surface area contributed by atoms with Crippen LogP contribution in [0.15, 0.2) is 60.9 Å². The number of amides is 1. The molecule has 0 radical (unpaired) electrons. The number of nitrogens with zero attached hydrogens (tertiary/aromatic N) is 2. The van der Waals surface area contributed by atoms with E-state index in [1.165, 1.54) is 0 Å². The van der Waals surface area contributed by atoms with Crippen molar-refractivity contribution in [1.82, 2.24) is 9.88 Å². The Balaban J connectivity index is 1.83. The van der Waals surface area contributed by atoms with Crippen LogP contribution in [0.4, 0.5) is 0 Å². The minimum Gasteiger partial charge on any atom is -0.493 e. The van der Waals surface area contributed by atoms with E-state index in [-0.39, 0.29) is 11.9 Å². The van der Waals surface area contributed by atoms with Crippen LogP contribution >= 0.6 is 0 Å². The van der Waals surface area contributed by atoms with Crippen molar-refractivity contribution in [2.24, 2.45) is 5.73 Å². The van der Waals surface area contributed by atoms with E-state index in [2.05, 4.69) is 4.98 Å². The summed E-state index contributed by atoms with van der Waals surface area (Å²) in [6, 6.07) is 15.6. The van der Waals surface area contributed by atoms with Gasteiger partial charge in [0.25, 0.3) is 5.91 Å². The van der Waals surface area contributed by atoms with Gasteiger partial charge in [0.1, 0.15) is 0 Å². The molecule has 1 atom stereocenters. The fourth-order valence-corrected chi connectivity index (χ4v) is 4.04. The molecule has 1 aromatic heterocycles. The number of fused-ring (bicyclic) bond motifs is 1. The van der Waals surface area contributed by atoms with Crippen molar-refractivity contribution in [3.63, 3.8) is 0 Å². The van der Waals surface area contributed by atoms with Gasteiger partial charge in [-0.2, -0.15) is 0 Å². The molecule has 1 unspecified atom stereocenters. The van der Waals surface area contributed by atoms with Gasteiger partial charge < -0.3 is 20.1 Å². The molecule has 0 saturated carbocycles. The van der Waals surface area contributed by atoms with Gasteiger partial charge in [-0.15, -0.1) is 0 Å². The van der Waals surface area contributed by atoms with E-state index >= 15 is 0 Å². The van der Waals surface area contributed by atoms with Gasteiger partial charge in [0.05, 0.1) is 25.8 Å². The first-order valence-electron chi connectivity index (χ1n) is 9.91. The number of carbonyl (C=O) groups excluding carboxylic acids is 1. The molecule has 154 valence electrons. The van der Waals surface area contributed by atoms with Crippen molar-refractivity contribution in [2.75, 3.05) is 20.8 Å². The molecule has 0 aliphatic carbocycles. The number of pyridine rings is 1. The van der Waals surface area contributed by atoms with E-state index < -0.39 is 0 Å². The number of aromatic nitrogens is 1. The summed E-state index contributed by atoms with van der Waals surface area (Å²) in [5.41, 5.74) is 10.4. The van der Waals surface area contributed by atoms with E-state index in [1.807, 2.05) is 53.4 Å². The Morgan fingerprint density at radius 2 is 1.83 bits per heavy atom. The average molecular weight is 403 g/mol. The summed E-state index contributed by atoms with van der Waals surface area (Å²) in [5, 5.41) is 0. The standard InChI is InChI=1S/C24H25N3O3/c1-29-21-11-18-8-9-27(24(28)19-10-16(13-25)14-26-15-19)23(17-6-4-3-5-7-17)20(18)12-22(21)30-2/h3-7,10-12,14-15,23H,8-9,13,25H2,1-2H3. The van der Waals surface area contributed by atoms with Gasteiger partial charge in [-0.1, -0.05) is 30.3 Å². The van der Waals surface area contributed by atoms with Crippen LogP contribution in [0.3, 0.4) is 0 Å². The molecule has 6 heteroatoms. The van der Waals surface area contributed by atoms with E-state index in [4.69, 9.17) is 15.2 Å². The predicted octanol–water partition coefficient (Wildman–Crippen LogP) is 3.35. The molecule has 0 spiro atoms. The van der Waals surface area contributed by atoms with Crippen LogP contribution in [0.2, 0.25) is 0 Å². The van der Waals surface area contributed by atoms with Crippen LogP contribution in [-0.2, 0) is 13.0 Å². The summed E-state index contributed by atoms with van der Waals surface area (Å²) in [5.74, 6) is 1.29. The quantitative estimate of drug-likeness (QED) is 0.707. The third kappa shape index (κ3) is 3.62. The van der Waals surface area contributed by atoms with Gasteiger partial charge in [-0.25, -0.2) is 0 Å². The van der Waals surface area contributed by atoms with Crippen molar-refractivity contribution in [2.45, 2.75) is 19.0 Å². The highest BCUT2D eigenvalue weighted by Crippen LogP contribution is 2.41. The molecule has 4 rings (SSSR count). The number of hydrogen-bond acceptors (Lipinski definition) is 5. The van der Waals surface area contributed by atoms with Gasteiger partial charge in [0, 0.05) is 25.5 Å². The van der Waals surface area contributed by atoms with Crippen LogP contribution in [0.25, 0.3) is 0 Å². The molecule has 2 N–H and O–H groups in total. The van der Waals surface area contributed by atoms with E-state index in [9.17, 15) is 4.79 Å². The molecule has 3 aromatic rings. The Kier molecular flexibility index (Phi) is 5.68. The van der Waals surface area contributed by atoms with Gasteiger partial charge in [0.2, 0.25) is 0 Å². The molecule has 1 aliphatic rings. The zero-order chi connectivity index (χ0) is 21.1. The Bertz CT molecular complexity index is 1050. The normalized spacial score (nSPS) is 15.4. The van der Waals surface area contributed by atoms with E-state index in [0.717, 1.165) is 28.7 Å². The minimum atomic E-state index is -0.233. The van der Waals surface area contributed by atoms with Gasteiger partial charge in [-0.3, -0.25) is 9.78 Å². The first kappa shape index (κ1) is 19.9. The SMILES string of the molecule is COc1cc2c(cc1OC)C(c1ccccc1)N(C(=O)c1cncc(CN)c1)CC2. The summed E-state index contributed by atoms with van der Waals surface area (Å²) >= 11 is 0. The minimum absolute atomic E-state index is 0.0629. The van der Waals surface area contributed by atoms with Crippen molar-refractivity contribution in [3.05, 3.63) is 88.7 Å². The number of rotatable bonds is 5. The highest BCUT2D eigenvalue weighted by atomic mass is 16.5. The van der Waals surface area contributed by atoms with E-state index in [1.54, 1.807) is 26.6 Å². The second kappa shape index (κ2) is 8.55. The molecule has 2 aromatic carbocycles. The lowest BCUT2D eigenvalue weighted by atomic mass is 9.87. The lowest BCUT2D eigenvalue weighted by molar-refractivity contribution is 0.0693. The van der Waals surface area contributed by atoms with Gasteiger partial charge >= 0.3 is 0 Å². The average Bonchev–Trinajstić information content (AvgIpc) is 2.82. The first-order chi connectivity index (χ1) is 14.7. The maximum absolute atomic E-state index is 13.5. The molecule has 0 bridgehead atoms. The van der Waals surface area contributed by atoms with Crippen molar-refractivity contribution < 1.29 is 14.3 Å². The monoisotopic (exact) mass is 403 g/mol. The number of hydrogen-bond donors (Lipinski definition) is 1. The Labute approximate surface area is 176 Å². The second-order valence-electron chi connectivity index (χ2n) is 7.25. The molecule has 30 heavy (non-hydrogen) atoms. The fraction of sp³-hybridized carbons (Fsp3) is 0.250. The summed E-state index contributed by atoms with van der Waals surface area (Å²) in [6.45, 7) is 0.934. The highest BCUT2D eigenvalue weighted by Gasteiger charge is 2.34. The predicted molar refractivity (Wildman–Crippen MR) is 115 cm³/mol. The number of benzene rings is 2. The molecular weight excluding hydrogens is 378 g/mol. The lowest BCUT2D eigenvalue weighted by Gasteiger charge is -2.38. The Morgan fingerprint density at radius 3 is 2.53 bits per heavy atom. The Hall–Kier alpha value is -3.38. The number of carbonyl (C=O) groups is 1. The molecular formula is C24H25N3O3. The largest absolute Gasteiger partial charge is 0.493 e. The second-order valence-corrected chi connectivity index (χ2v) is 7.25. The van der Waals surface area contributed by atoms with Crippen LogP contribution in [0.5, 0.6) is 11.5 Å². The maximum atomic E-state index is 13.5. The Morgan fingerprint density at radius 1 is 1.10 bits per heavy atom. The molecule has 1 aliphatic heterocycles. The van der Waals surface area contributed by atoms with Crippen molar-refractivity contribution in [1.29, 1.82) is 0 Å². The topological polar surface area (TPSA) is 77.7 Å². The number of nitrogens with two attached hydrogens (primary N) is 1. The van der Waals surface area contributed by atoms with Gasteiger partial charge in [-0.05, 0) is 46.9 Å². The van der Waals surface area contributed by atoms with Crippen LogP contribution < -0.4 is 15.2 Å². The molecule has 0 fully saturated rings. The van der Waals surface area contributed by atoms with Crippen molar-refractivity contribution in [3.8, 4) is 11.5 Å². The highest BCUT2D eigenvalue weighted by molar-refractivity contribution is 5.95. The summed E-state index contributed by atoms with van der Waals surface area (Å²) in [4.78, 5) is 19.6. The molecule has 1 amide bonds. The summed E-state index contributed by atoms with van der Waals surface area (Å²) in [7, 11) is 3.26. The summed E-state index contributed by atoms with van der Waals surface area (Å²) in [6.07, 6.45) is 4.02. The van der Waals surface area contributed by atoms with E-state index in [0.29, 0.717) is 30.2 Å². The van der Waals surface area contributed by atoms with Crippen LogP contribution in [0, 0.1) is 0 Å². The number of methoxy groups -OCH3 is 2. The van der Waals surface area contributed by atoms with Crippen LogP contribution in [0.1, 0.15) is 38.7 Å². The van der Waals surface area contributed by atoms with Gasteiger partial charge in [0.15, 0.2) is 11.5 Å². The van der Waals surface area contributed by atoms with Crippen LogP contribution in [-0.4, -0.2) is 36.6 Å². The lowest BCUT2D eigenvalue weighted by Crippen LogP contribution is -2.40. The maximum Gasteiger partial charge on any atom is 0.256 e. The number of ether oxygens (including phenoxy) is 2. The smallest absolute Gasteiger partial charge is 0.256 e. The third-order valence-corrected chi connectivity index (χ3v) is 5.53. The third-order valence-electron chi connectivity index (χ3n) is 5.53. The molecule has 2 heterocycles. The molecule has 0 saturated heterocycles. The van der Waals surface area contributed by atoms with Crippen molar-refractivity contribution >= 4 is 5.91 Å². The summed E-state index contributed by atoms with van der Waals surface area (Å²) < 4.78 is 11.0. The zero-order valence-corrected chi connectivity index (χ0v) is 17.2.